The molecule has 0 fully saturated rings. The molecule has 1 aliphatic rings. The summed E-state index contributed by atoms with van der Waals surface area (Å²) in [6.07, 6.45) is 1.61. The molecule has 3 nitrogen and oxygen atoms in total. The Hall–Kier alpha value is -2.13. The fourth-order valence-corrected chi connectivity index (χ4v) is 2.94. The first-order valence-electron chi connectivity index (χ1n) is 7.72. The summed E-state index contributed by atoms with van der Waals surface area (Å²) in [5.41, 5.74) is 3.52. The summed E-state index contributed by atoms with van der Waals surface area (Å²) in [7, 11) is 1.70. The predicted octanol–water partition coefficient (Wildman–Crippen LogP) is 3.33. The lowest BCUT2D eigenvalue weighted by Crippen LogP contribution is -2.32. The van der Waals surface area contributed by atoms with Gasteiger partial charge in [0, 0.05) is 31.6 Å². The van der Waals surface area contributed by atoms with Crippen LogP contribution in [0.2, 0.25) is 0 Å². The Morgan fingerprint density at radius 1 is 1.14 bits per heavy atom. The van der Waals surface area contributed by atoms with Gasteiger partial charge >= 0.3 is 0 Å². The highest BCUT2D eigenvalue weighted by Gasteiger charge is 2.17. The molecule has 3 heteroatoms. The number of Topliss-reactive ketones (excluding diaryl/α,β-unsaturated/α-hetero) is 1. The van der Waals surface area contributed by atoms with E-state index in [1.807, 2.05) is 36.4 Å². The van der Waals surface area contributed by atoms with Crippen molar-refractivity contribution in [1.29, 1.82) is 0 Å². The third-order valence-electron chi connectivity index (χ3n) is 4.26. The van der Waals surface area contributed by atoms with Gasteiger partial charge in [-0.25, -0.2) is 0 Å². The van der Waals surface area contributed by atoms with Crippen LogP contribution in [0.4, 0.5) is 0 Å². The Balaban J connectivity index is 1.59. The molecule has 1 aliphatic heterocycles. The molecule has 0 saturated carbocycles. The standard InChI is InChI=1S/C19H21NO2/c1-22-18-8-7-15-9-11-20(14-17(15)13-18)12-10-19(21)16-5-3-2-4-6-16/h2-8,13H,9-12,14H2,1H3. The number of rotatable bonds is 5. The highest BCUT2D eigenvalue weighted by molar-refractivity contribution is 5.96. The molecule has 0 aromatic heterocycles. The highest BCUT2D eigenvalue weighted by Crippen LogP contribution is 2.23. The molecule has 0 N–H and O–H groups in total. The smallest absolute Gasteiger partial charge is 0.164 e. The van der Waals surface area contributed by atoms with Crippen molar-refractivity contribution in [2.45, 2.75) is 19.4 Å². The van der Waals surface area contributed by atoms with Crippen LogP contribution in [0.3, 0.4) is 0 Å². The molecule has 1 heterocycles. The first-order valence-corrected chi connectivity index (χ1v) is 7.72. The minimum absolute atomic E-state index is 0.219. The van der Waals surface area contributed by atoms with Crippen LogP contribution in [-0.2, 0) is 13.0 Å². The van der Waals surface area contributed by atoms with Gasteiger partial charge in [-0.2, -0.15) is 0 Å². The zero-order valence-electron chi connectivity index (χ0n) is 12.9. The molecule has 3 rings (SSSR count). The summed E-state index contributed by atoms with van der Waals surface area (Å²) < 4.78 is 5.30. The van der Waals surface area contributed by atoms with Crippen molar-refractivity contribution in [2.75, 3.05) is 20.2 Å². The van der Waals surface area contributed by atoms with E-state index in [0.717, 1.165) is 37.4 Å². The molecular weight excluding hydrogens is 274 g/mol. The van der Waals surface area contributed by atoms with Crippen molar-refractivity contribution < 1.29 is 9.53 Å². The summed E-state index contributed by atoms with van der Waals surface area (Å²) in [5.74, 6) is 1.12. The molecule has 0 bridgehead atoms. The van der Waals surface area contributed by atoms with Crippen LogP contribution >= 0.6 is 0 Å². The van der Waals surface area contributed by atoms with Gasteiger partial charge < -0.3 is 4.74 Å². The van der Waals surface area contributed by atoms with Crippen LogP contribution in [0.15, 0.2) is 48.5 Å². The molecular formula is C19H21NO2. The van der Waals surface area contributed by atoms with Gasteiger partial charge in [0.05, 0.1) is 7.11 Å². The summed E-state index contributed by atoms with van der Waals surface area (Å²) in [5, 5.41) is 0. The van der Waals surface area contributed by atoms with Gasteiger partial charge in [-0.1, -0.05) is 36.4 Å². The normalized spacial score (nSPS) is 14.4. The van der Waals surface area contributed by atoms with Crippen LogP contribution in [0, 0.1) is 0 Å². The van der Waals surface area contributed by atoms with E-state index in [0.29, 0.717) is 6.42 Å². The van der Waals surface area contributed by atoms with E-state index in [2.05, 4.69) is 17.0 Å². The number of methoxy groups -OCH3 is 1. The monoisotopic (exact) mass is 295 g/mol. The lowest BCUT2D eigenvalue weighted by molar-refractivity contribution is 0.0960. The number of hydrogen-bond donors (Lipinski definition) is 0. The summed E-state index contributed by atoms with van der Waals surface area (Å²) in [6, 6.07) is 15.8. The van der Waals surface area contributed by atoms with Crippen LogP contribution in [0.5, 0.6) is 5.75 Å². The SMILES string of the molecule is COc1ccc2c(c1)CN(CCC(=O)c1ccccc1)CC2. The maximum Gasteiger partial charge on any atom is 0.164 e. The summed E-state index contributed by atoms with van der Waals surface area (Å²) in [6.45, 7) is 2.72. The van der Waals surface area contributed by atoms with Gasteiger partial charge in [0.25, 0.3) is 0 Å². The number of fused-ring (bicyclic) bond motifs is 1. The molecule has 2 aromatic rings. The average molecular weight is 295 g/mol. The molecule has 114 valence electrons. The lowest BCUT2D eigenvalue weighted by Gasteiger charge is -2.28. The highest BCUT2D eigenvalue weighted by atomic mass is 16.5. The van der Waals surface area contributed by atoms with E-state index in [4.69, 9.17) is 4.74 Å². The van der Waals surface area contributed by atoms with Crippen LogP contribution < -0.4 is 4.74 Å². The summed E-state index contributed by atoms with van der Waals surface area (Å²) >= 11 is 0. The van der Waals surface area contributed by atoms with Crippen molar-refractivity contribution in [2.24, 2.45) is 0 Å². The van der Waals surface area contributed by atoms with E-state index in [-0.39, 0.29) is 5.78 Å². The number of ether oxygens (including phenoxy) is 1. The first kappa shape index (κ1) is 14.8. The molecule has 22 heavy (non-hydrogen) atoms. The molecule has 0 amide bonds. The van der Waals surface area contributed by atoms with Gasteiger partial charge in [-0.3, -0.25) is 9.69 Å². The Bertz CT molecular complexity index is 652. The fourth-order valence-electron chi connectivity index (χ4n) is 2.94. The van der Waals surface area contributed by atoms with E-state index in [1.54, 1.807) is 7.11 Å². The molecule has 0 atom stereocenters. The molecule has 0 radical (unpaired) electrons. The molecule has 0 spiro atoms. The Morgan fingerprint density at radius 2 is 1.95 bits per heavy atom. The molecule has 0 saturated heterocycles. The van der Waals surface area contributed by atoms with Crippen molar-refractivity contribution in [3.8, 4) is 5.75 Å². The quantitative estimate of drug-likeness (QED) is 0.792. The second-order valence-electron chi connectivity index (χ2n) is 5.70. The molecule has 0 unspecified atom stereocenters. The Labute approximate surface area is 131 Å². The summed E-state index contributed by atoms with van der Waals surface area (Å²) in [4.78, 5) is 14.5. The Kier molecular flexibility index (Phi) is 4.54. The number of hydrogen-bond acceptors (Lipinski definition) is 3. The van der Waals surface area contributed by atoms with Crippen molar-refractivity contribution >= 4 is 5.78 Å². The van der Waals surface area contributed by atoms with Crippen LogP contribution in [-0.4, -0.2) is 30.9 Å². The minimum Gasteiger partial charge on any atom is -0.497 e. The topological polar surface area (TPSA) is 29.5 Å². The number of benzene rings is 2. The van der Waals surface area contributed by atoms with E-state index < -0.39 is 0 Å². The molecule has 0 aliphatic carbocycles. The van der Waals surface area contributed by atoms with Crippen LogP contribution in [0.25, 0.3) is 0 Å². The zero-order valence-corrected chi connectivity index (χ0v) is 12.9. The minimum atomic E-state index is 0.219. The lowest BCUT2D eigenvalue weighted by atomic mass is 9.99. The largest absolute Gasteiger partial charge is 0.497 e. The third-order valence-corrected chi connectivity index (χ3v) is 4.26. The van der Waals surface area contributed by atoms with Gasteiger partial charge in [0.1, 0.15) is 5.75 Å². The number of ketones is 1. The van der Waals surface area contributed by atoms with Gasteiger partial charge in [0.15, 0.2) is 5.78 Å². The van der Waals surface area contributed by atoms with Crippen molar-refractivity contribution in [3.63, 3.8) is 0 Å². The fraction of sp³-hybridized carbons (Fsp3) is 0.316. The van der Waals surface area contributed by atoms with Gasteiger partial charge in [-0.05, 0) is 29.7 Å². The second-order valence-corrected chi connectivity index (χ2v) is 5.70. The first-order chi connectivity index (χ1) is 10.8. The maximum absolute atomic E-state index is 12.2. The maximum atomic E-state index is 12.2. The number of carbonyl (C=O) groups is 1. The van der Waals surface area contributed by atoms with E-state index >= 15 is 0 Å². The number of carbonyl (C=O) groups excluding carboxylic acids is 1. The third kappa shape index (κ3) is 3.37. The van der Waals surface area contributed by atoms with Gasteiger partial charge in [-0.15, -0.1) is 0 Å². The van der Waals surface area contributed by atoms with Crippen LogP contribution in [0.1, 0.15) is 27.9 Å². The van der Waals surface area contributed by atoms with E-state index in [9.17, 15) is 4.79 Å². The zero-order chi connectivity index (χ0) is 15.4. The number of nitrogens with zero attached hydrogens (tertiary/aromatic N) is 1. The average Bonchev–Trinajstić information content (AvgIpc) is 2.59. The van der Waals surface area contributed by atoms with Crippen molar-refractivity contribution in [1.82, 2.24) is 4.90 Å². The van der Waals surface area contributed by atoms with E-state index in [1.165, 1.54) is 11.1 Å². The van der Waals surface area contributed by atoms with Gasteiger partial charge in [0.2, 0.25) is 0 Å². The molecule has 2 aromatic carbocycles. The van der Waals surface area contributed by atoms with Crippen molar-refractivity contribution in [3.05, 3.63) is 65.2 Å². The second kappa shape index (κ2) is 6.75. The Morgan fingerprint density at radius 3 is 2.73 bits per heavy atom. The predicted molar refractivity (Wildman–Crippen MR) is 87.4 cm³/mol.